The SMILES string of the molecule is C=NC1(N)OC1(N)NC. The standard InChI is InChI=1S/C4H10N4O/c1-7-3(5)4(6,8-2)9-3/h8H,1,5-6H2,2H3. The maximum absolute atomic E-state index is 5.44. The molecule has 0 amide bonds. The molecule has 0 aromatic rings. The monoisotopic (exact) mass is 130 g/mol. The van der Waals surface area contributed by atoms with Gasteiger partial charge < -0.3 is 0 Å². The van der Waals surface area contributed by atoms with Gasteiger partial charge in [-0.05, 0) is 13.8 Å². The molecule has 1 fully saturated rings. The molecule has 0 spiro atoms. The summed E-state index contributed by atoms with van der Waals surface area (Å²) in [5.74, 6) is -2.13. The number of ether oxygens (including phenoxy) is 1. The molecule has 9 heavy (non-hydrogen) atoms. The molecule has 1 rings (SSSR count). The van der Waals surface area contributed by atoms with Gasteiger partial charge in [0.15, 0.2) is 0 Å². The Labute approximate surface area is 53.1 Å². The summed E-state index contributed by atoms with van der Waals surface area (Å²) < 4.78 is 4.81. The number of nitrogens with one attached hydrogen (secondary N) is 1. The fourth-order valence-electron chi connectivity index (χ4n) is 0.600. The lowest BCUT2D eigenvalue weighted by atomic mass is 10.4. The lowest BCUT2D eigenvalue weighted by Crippen LogP contribution is -2.49. The minimum absolute atomic E-state index is 1.01. The minimum atomic E-state index is -1.12. The van der Waals surface area contributed by atoms with Crippen molar-refractivity contribution in [2.75, 3.05) is 7.05 Å². The smallest absolute Gasteiger partial charge is 0.274 e. The highest BCUT2D eigenvalue weighted by molar-refractivity contribution is 5.28. The second-order valence-electron chi connectivity index (χ2n) is 1.94. The summed E-state index contributed by atoms with van der Waals surface area (Å²) in [5.41, 5.74) is 10.8. The van der Waals surface area contributed by atoms with Gasteiger partial charge in [0.05, 0.1) is 0 Å². The predicted molar refractivity (Wildman–Crippen MR) is 33.5 cm³/mol. The van der Waals surface area contributed by atoms with Gasteiger partial charge in [-0.15, -0.1) is 0 Å². The molecule has 0 radical (unpaired) electrons. The number of hydrogen-bond donors (Lipinski definition) is 3. The van der Waals surface area contributed by atoms with Crippen LogP contribution in [0.25, 0.3) is 0 Å². The molecule has 2 atom stereocenters. The summed E-state index contributed by atoms with van der Waals surface area (Å²) in [7, 11) is 1.64. The molecule has 5 nitrogen and oxygen atoms in total. The highest BCUT2D eigenvalue weighted by Gasteiger charge is 2.66. The van der Waals surface area contributed by atoms with Gasteiger partial charge in [-0.3, -0.25) is 21.5 Å². The Balaban J connectivity index is 2.64. The molecule has 0 aliphatic carbocycles. The first-order chi connectivity index (χ1) is 4.08. The topological polar surface area (TPSA) is 89.0 Å². The van der Waals surface area contributed by atoms with Crippen molar-refractivity contribution in [3.8, 4) is 0 Å². The van der Waals surface area contributed by atoms with Gasteiger partial charge in [-0.25, -0.2) is 4.99 Å². The fraction of sp³-hybridized carbons (Fsp3) is 0.750. The number of aliphatic imine (C=N–C) groups is 1. The van der Waals surface area contributed by atoms with Crippen LogP contribution in [0.2, 0.25) is 0 Å². The van der Waals surface area contributed by atoms with E-state index in [1.54, 1.807) is 7.05 Å². The molecule has 1 aliphatic rings. The molecular formula is C4H10N4O. The van der Waals surface area contributed by atoms with Crippen molar-refractivity contribution in [3.05, 3.63) is 0 Å². The first-order valence-electron chi connectivity index (χ1n) is 2.53. The zero-order chi connectivity index (χ0) is 7.12. The van der Waals surface area contributed by atoms with Crippen LogP contribution in [-0.4, -0.2) is 25.5 Å². The molecule has 1 saturated heterocycles. The van der Waals surface area contributed by atoms with Gasteiger partial charge in [0.25, 0.3) is 5.85 Å². The van der Waals surface area contributed by atoms with Crippen LogP contribution in [0.3, 0.4) is 0 Å². The van der Waals surface area contributed by atoms with E-state index >= 15 is 0 Å². The average Bonchev–Trinajstić information content (AvgIpc) is 2.39. The minimum Gasteiger partial charge on any atom is -0.295 e. The van der Waals surface area contributed by atoms with Crippen molar-refractivity contribution in [2.45, 2.75) is 11.7 Å². The quantitative estimate of drug-likeness (QED) is 0.233. The predicted octanol–water partition coefficient (Wildman–Crippen LogP) is -1.84. The third-order valence-electron chi connectivity index (χ3n) is 1.41. The van der Waals surface area contributed by atoms with E-state index < -0.39 is 11.7 Å². The van der Waals surface area contributed by atoms with Crippen LogP contribution in [-0.2, 0) is 4.74 Å². The zero-order valence-electron chi connectivity index (χ0n) is 5.22. The van der Waals surface area contributed by atoms with Crippen LogP contribution < -0.4 is 16.8 Å². The Kier molecular flexibility index (Phi) is 1.11. The van der Waals surface area contributed by atoms with E-state index in [0.29, 0.717) is 0 Å². The molecule has 0 aromatic carbocycles. The van der Waals surface area contributed by atoms with Crippen LogP contribution in [0.5, 0.6) is 0 Å². The highest BCUT2D eigenvalue weighted by atomic mass is 16.7. The van der Waals surface area contributed by atoms with Crippen molar-refractivity contribution in [1.82, 2.24) is 5.32 Å². The van der Waals surface area contributed by atoms with Crippen molar-refractivity contribution in [3.63, 3.8) is 0 Å². The van der Waals surface area contributed by atoms with Crippen molar-refractivity contribution < 1.29 is 4.74 Å². The Morgan fingerprint density at radius 3 is 2.33 bits per heavy atom. The van der Waals surface area contributed by atoms with E-state index in [9.17, 15) is 0 Å². The lowest BCUT2D eigenvalue weighted by molar-refractivity contribution is 0.251. The van der Waals surface area contributed by atoms with E-state index in [2.05, 4.69) is 17.0 Å². The maximum atomic E-state index is 5.44. The average molecular weight is 130 g/mol. The van der Waals surface area contributed by atoms with Gasteiger partial charge in [-0.1, -0.05) is 0 Å². The summed E-state index contributed by atoms with van der Waals surface area (Å²) in [6.45, 7) is 3.22. The van der Waals surface area contributed by atoms with Gasteiger partial charge in [-0.2, -0.15) is 0 Å². The number of epoxide rings is 1. The van der Waals surface area contributed by atoms with Crippen LogP contribution >= 0.6 is 0 Å². The maximum Gasteiger partial charge on any atom is 0.274 e. The molecule has 5 heteroatoms. The van der Waals surface area contributed by atoms with Gasteiger partial charge in [0.2, 0.25) is 5.85 Å². The van der Waals surface area contributed by atoms with Crippen LogP contribution in [0, 0.1) is 0 Å². The van der Waals surface area contributed by atoms with E-state index in [-0.39, 0.29) is 0 Å². The number of nitrogens with two attached hydrogens (primary N) is 2. The molecule has 0 aromatic heterocycles. The van der Waals surface area contributed by atoms with Crippen molar-refractivity contribution in [2.24, 2.45) is 16.5 Å². The highest BCUT2D eigenvalue weighted by Crippen LogP contribution is 2.36. The van der Waals surface area contributed by atoms with E-state index in [4.69, 9.17) is 16.2 Å². The van der Waals surface area contributed by atoms with Gasteiger partial charge in [0.1, 0.15) is 0 Å². The Morgan fingerprint density at radius 2 is 2.22 bits per heavy atom. The third kappa shape index (κ3) is 0.665. The molecule has 0 saturated carbocycles. The molecule has 5 N–H and O–H groups in total. The third-order valence-corrected chi connectivity index (χ3v) is 1.41. The number of likely N-dealkylation sites (N-methyl/N-ethyl adjacent to an activating group) is 1. The molecule has 2 unspecified atom stereocenters. The normalized spacial score (nSPS) is 48.8. The largest absolute Gasteiger partial charge is 0.295 e. The number of nitrogens with zero attached hydrogens (tertiary/aromatic N) is 1. The van der Waals surface area contributed by atoms with E-state index in [1.165, 1.54) is 0 Å². The second kappa shape index (κ2) is 1.51. The lowest BCUT2D eigenvalue weighted by Gasteiger charge is -2.04. The molecule has 52 valence electrons. The van der Waals surface area contributed by atoms with E-state index in [0.717, 1.165) is 0 Å². The van der Waals surface area contributed by atoms with Crippen LogP contribution in [0.4, 0.5) is 0 Å². The first kappa shape index (κ1) is 6.63. The van der Waals surface area contributed by atoms with E-state index in [1.807, 2.05) is 0 Å². The summed E-state index contributed by atoms with van der Waals surface area (Å²) in [6.07, 6.45) is 0. The number of hydrogen-bond acceptors (Lipinski definition) is 5. The van der Waals surface area contributed by atoms with Crippen LogP contribution in [0.15, 0.2) is 4.99 Å². The Bertz CT molecular complexity index is 150. The zero-order valence-corrected chi connectivity index (χ0v) is 5.22. The summed E-state index contributed by atoms with van der Waals surface area (Å²) in [5, 5.41) is 2.65. The van der Waals surface area contributed by atoms with Crippen molar-refractivity contribution in [1.29, 1.82) is 0 Å². The Morgan fingerprint density at radius 1 is 1.67 bits per heavy atom. The van der Waals surface area contributed by atoms with Gasteiger partial charge >= 0.3 is 0 Å². The van der Waals surface area contributed by atoms with Crippen molar-refractivity contribution >= 4 is 6.72 Å². The Hall–Kier alpha value is -0.490. The molecule has 0 bridgehead atoms. The molecular weight excluding hydrogens is 120 g/mol. The first-order valence-corrected chi connectivity index (χ1v) is 2.53. The molecule has 1 heterocycles. The van der Waals surface area contributed by atoms with Crippen LogP contribution in [0.1, 0.15) is 0 Å². The fourth-order valence-corrected chi connectivity index (χ4v) is 0.600. The summed E-state index contributed by atoms with van der Waals surface area (Å²) >= 11 is 0. The second-order valence-corrected chi connectivity index (χ2v) is 1.94. The number of rotatable bonds is 2. The van der Waals surface area contributed by atoms with Gasteiger partial charge in [0, 0.05) is 0 Å². The summed E-state index contributed by atoms with van der Waals surface area (Å²) in [4.78, 5) is 3.47. The summed E-state index contributed by atoms with van der Waals surface area (Å²) in [6, 6.07) is 0. The molecule has 1 aliphatic heterocycles.